The molecule has 0 aliphatic heterocycles. The Morgan fingerprint density at radius 1 is 1.31 bits per heavy atom. The third-order valence-corrected chi connectivity index (χ3v) is 5.10. The number of nitriles is 1. The number of aromatic nitrogens is 2. The van der Waals surface area contributed by atoms with E-state index in [0.717, 1.165) is 11.8 Å². The summed E-state index contributed by atoms with van der Waals surface area (Å²) in [4.78, 5) is 7.95. The average Bonchev–Trinajstić information content (AvgIpc) is 2.67. The van der Waals surface area contributed by atoms with E-state index in [2.05, 4.69) is 20.6 Å². The van der Waals surface area contributed by atoms with Crippen molar-refractivity contribution in [3.63, 3.8) is 0 Å². The maximum absolute atomic E-state index is 14.1. The quantitative estimate of drug-likeness (QED) is 0.643. The highest BCUT2D eigenvalue weighted by Crippen LogP contribution is 2.23. The Balaban J connectivity index is 1.81. The number of benzene rings is 1. The molecule has 2 aromatic rings. The van der Waals surface area contributed by atoms with Crippen LogP contribution in [0, 0.1) is 24.1 Å². The third-order valence-electron chi connectivity index (χ3n) is 4.04. The van der Waals surface area contributed by atoms with Gasteiger partial charge >= 0.3 is 0 Å². The van der Waals surface area contributed by atoms with Crippen molar-refractivity contribution < 1.29 is 12.8 Å². The molecule has 10 heteroatoms. The number of hydrogen-bond acceptors (Lipinski definition) is 7. The highest BCUT2D eigenvalue weighted by molar-refractivity contribution is 7.89. The lowest BCUT2D eigenvalue weighted by molar-refractivity contribution is 0.597. The molecule has 4 N–H and O–H groups in total. The first-order chi connectivity index (χ1) is 13.8. The second-order valence-corrected chi connectivity index (χ2v) is 7.74. The lowest BCUT2D eigenvalue weighted by Crippen LogP contribution is -2.14. The van der Waals surface area contributed by atoms with E-state index >= 15 is 0 Å². The molecule has 0 radical (unpaired) electrons. The number of rotatable bonds is 5. The van der Waals surface area contributed by atoms with Gasteiger partial charge in [-0.1, -0.05) is 18.2 Å². The van der Waals surface area contributed by atoms with Crippen LogP contribution in [0.5, 0.6) is 0 Å². The average molecular weight is 412 g/mol. The zero-order valence-electron chi connectivity index (χ0n) is 15.3. The van der Waals surface area contributed by atoms with Crippen molar-refractivity contribution in [2.75, 3.05) is 10.6 Å². The van der Waals surface area contributed by atoms with Crippen LogP contribution in [0.25, 0.3) is 0 Å². The number of hydrogen-bond donors (Lipinski definition) is 3. The smallest absolute Gasteiger partial charge is 0.238 e. The van der Waals surface area contributed by atoms with Gasteiger partial charge in [0.25, 0.3) is 0 Å². The molecule has 1 aliphatic carbocycles. The van der Waals surface area contributed by atoms with Crippen LogP contribution in [0.1, 0.15) is 12.0 Å². The van der Waals surface area contributed by atoms with Crippen LogP contribution in [0.15, 0.2) is 64.9 Å². The summed E-state index contributed by atoms with van der Waals surface area (Å²) in [6.07, 6.45) is 8.24. The van der Waals surface area contributed by atoms with E-state index in [9.17, 15) is 12.8 Å². The fourth-order valence-electron chi connectivity index (χ4n) is 2.61. The molecule has 0 spiro atoms. The van der Waals surface area contributed by atoms with Gasteiger partial charge in [-0.2, -0.15) is 10.2 Å². The number of nitrogens with one attached hydrogen (secondary N) is 2. The molecule has 0 saturated heterocycles. The highest BCUT2D eigenvalue weighted by Gasteiger charge is 2.14. The molecule has 8 nitrogen and oxygen atoms in total. The monoisotopic (exact) mass is 412 g/mol. The van der Waals surface area contributed by atoms with Gasteiger partial charge in [-0.25, -0.2) is 22.9 Å². The molecular weight excluding hydrogens is 395 g/mol. The van der Waals surface area contributed by atoms with Crippen molar-refractivity contribution >= 4 is 27.5 Å². The number of sulfonamides is 1. The summed E-state index contributed by atoms with van der Waals surface area (Å²) < 4.78 is 37.5. The predicted octanol–water partition coefficient (Wildman–Crippen LogP) is 3.02. The lowest BCUT2D eigenvalue weighted by Gasteiger charge is -2.13. The molecule has 3 rings (SSSR count). The molecule has 1 aromatic carbocycles. The fraction of sp³-hybridized carbons (Fsp3) is 0.105. The Bertz CT molecular complexity index is 1200. The van der Waals surface area contributed by atoms with Gasteiger partial charge < -0.3 is 10.6 Å². The number of allylic oxidation sites excluding steroid dienone is 5. The van der Waals surface area contributed by atoms with Gasteiger partial charge in [-0.3, -0.25) is 0 Å². The van der Waals surface area contributed by atoms with Crippen molar-refractivity contribution in [3.05, 3.63) is 71.4 Å². The minimum atomic E-state index is -3.88. The Labute approximate surface area is 167 Å². The van der Waals surface area contributed by atoms with Crippen LogP contribution < -0.4 is 15.8 Å². The molecule has 29 heavy (non-hydrogen) atoms. The van der Waals surface area contributed by atoms with E-state index in [0.29, 0.717) is 23.4 Å². The predicted molar refractivity (Wildman–Crippen MR) is 107 cm³/mol. The molecule has 0 unspecified atom stereocenters. The molecule has 148 valence electrons. The maximum atomic E-state index is 14.1. The van der Waals surface area contributed by atoms with Gasteiger partial charge in [0.1, 0.15) is 0 Å². The van der Waals surface area contributed by atoms with E-state index in [-0.39, 0.29) is 16.7 Å². The molecule has 1 heterocycles. The molecule has 0 atom stereocenters. The first kappa shape index (κ1) is 20.2. The number of nitrogens with zero attached hydrogens (tertiary/aromatic N) is 3. The van der Waals surface area contributed by atoms with E-state index in [4.69, 9.17) is 10.4 Å². The van der Waals surface area contributed by atoms with Crippen molar-refractivity contribution in [2.45, 2.75) is 18.2 Å². The maximum Gasteiger partial charge on any atom is 0.238 e. The minimum absolute atomic E-state index is 0.0262. The Kier molecular flexibility index (Phi) is 5.72. The number of aryl methyl sites for hydroxylation is 1. The van der Waals surface area contributed by atoms with E-state index in [1.807, 2.05) is 6.07 Å². The zero-order chi connectivity index (χ0) is 21.0. The van der Waals surface area contributed by atoms with Crippen molar-refractivity contribution in [2.24, 2.45) is 5.14 Å². The van der Waals surface area contributed by atoms with Crippen LogP contribution >= 0.6 is 0 Å². The molecular formula is C19H17FN6O2S. The first-order valence-corrected chi connectivity index (χ1v) is 9.98. The normalized spacial score (nSPS) is 15.0. The van der Waals surface area contributed by atoms with Crippen molar-refractivity contribution in [1.82, 2.24) is 9.97 Å². The van der Waals surface area contributed by atoms with Crippen molar-refractivity contribution in [3.8, 4) is 6.07 Å². The number of anilines is 3. The minimum Gasteiger partial charge on any atom is -0.338 e. The second-order valence-electron chi connectivity index (χ2n) is 6.21. The Morgan fingerprint density at radius 3 is 2.76 bits per heavy atom. The summed E-state index contributed by atoms with van der Waals surface area (Å²) in [7, 11) is -3.88. The van der Waals surface area contributed by atoms with E-state index in [1.165, 1.54) is 12.1 Å². The topological polar surface area (TPSA) is 134 Å². The molecule has 0 fully saturated rings. The summed E-state index contributed by atoms with van der Waals surface area (Å²) >= 11 is 0. The summed E-state index contributed by atoms with van der Waals surface area (Å²) in [5, 5.41) is 19.6. The number of primary sulfonamides is 1. The molecule has 0 amide bonds. The van der Waals surface area contributed by atoms with E-state index < -0.39 is 15.8 Å². The van der Waals surface area contributed by atoms with Crippen LogP contribution in [-0.2, 0) is 10.0 Å². The first-order valence-electron chi connectivity index (χ1n) is 8.43. The van der Waals surface area contributed by atoms with Gasteiger partial charge in [0, 0.05) is 17.5 Å². The zero-order valence-corrected chi connectivity index (χ0v) is 16.2. The van der Waals surface area contributed by atoms with Crippen LogP contribution in [0.4, 0.5) is 21.8 Å². The SMILES string of the molecule is Cc1ccc(Nc2ncc(F)c(NC3=CCC(=CC#N)C=C3)n2)cc1S(N)(=O)=O. The van der Waals surface area contributed by atoms with Gasteiger partial charge in [-0.05, 0) is 42.7 Å². The summed E-state index contributed by atoms with van der Waals surface area (Å²) in [5.74, 6) is -0.634. The second kappa shape index (κ2) is 8.22. The van der Waals surface area contributed by atoms with Gasteiger partial charge in [-0.15, -0.1) is 0 Å². The van der Waals surface area contributed by atoms with Gasteiger partial charge in [0.2, 0.25) is 16.0 Å². The van der Waals surface area contributed by atoms with E-state index in [1.54, 1.807) is 37.3 Å². The largest absolute Gasteiger partial charge is 0.338 e. The summed E-state index contributed by atoms with van der Waals surface area (Å²) in [5.41, 5.74) is 2.35. The number of halogens is 1. The van der Waals surface area contributed by atoms with Gasteiger partial charge in [0.15, 0.2) is 11.6 Å². The van der Waals surface area contributed by atoms with Crippen molar-refractivity contribution in [1.29, 1.82) is 5.26 Å². The van der Waals surface area contributed by atoms with Crippen LogP contribution in [0.3, 0.4) is 0 Å². The fourth-order valence-corrected chi connectivity index (χ4v) is 3.42. The third kappa shape index (κ3) is 5.04. The highest BCUT2D eigenvalue weighted by atomic mass is 32.2. The lowest BCUT2D eigenvalue weighted by atomic mass is 10.1. The van der Waals surface area contributed by atoms with Gasteiger partial charge in [0.05, 0.1) is 17.2 Å². The summed E-state index contributed by atoms with van der Waals surface area (Å²) in [6.45, 7) is 1.63. The molecule has 1 aromatic heterocycles. The Hall–Kier alpha value is -3.55. The van der Waals surface area contributed by atoms with Crippen LogP contribution in [0.2, 0.25) is 0 Å². The Morgan fingerprint density at radius 2 is 2.10 bits per heavy atom. The number of nitrogens with two attached hydrogens (primary N) is 1. The van der Waals surface area contributed by atoms with Crippen LogP contribution in [-0.4, -0.2) is 18.4 Å². The standard InChI is InChI=1S/C19H17FN6O2S/c1-12-2-5-15(10-17(12)29(22,27)28)25-19-23-11-16(20)18(26-19)24-14-6-3-13(4-7-14)8-9-21/h2-3,5-8,10-11H,4H2,1H3,(H2,22,27,28)(H2,23,24,25,26). The summed E-state index contributed by atoms with van der Waals surface area (Å²) in [6, 6.07) is 6.55. The molecule has 1 aliphatic rings. The molecule has 0 saturated carbocycles. The molecule has 0 bridgehead atoms.